The number of hydrogen-bond acceptors (Lipinski definition) is 4. The van der Waals surface area contributed by atoms with Crippen LogP contribution in [0.3, 0.4) is 0 Å². The van der Waals surface area contributed by atoms with Crippen LogP contribution < -0.4 is 5.32 Å². The molecule has 0 amide bonds. The molecule has 16 heavy (non-hydrogen) atoms. The largest absolute Gasteiger partial charge is 0.309 e. The lowest BCUT2D eigenvalue weighted by molar-refractivity contribution is 0.528. The van der Waals surface area contributed by atoms with Crippen molar-refractivity contribution in [1.82, 2.24) is 10.3 Å². The lowest BCUT2D eigenvalue weighted by Crippen LogP contribution is -2.28. The molecule has 6 heteroatoms. The summed E-state index contributed by atoms with van der Waals surface area (Å²) in [6.45, 7) is 2.41. The van der Waals surface area contributed by atoms with E-state index in [2.05, 4.69) is 10.3 Å². The summed E-state index contributed by atoms with van der Waals surface area (Å²) in [6, 6.07) is 0.969. The lowest BCUT2D eigenvalue weighted by atomic mass is 10.1. The maximum absolute atomic E-state index is 13.4. The van der Waals surface area contributed by atoms with Gasteiger partial charge in [0.2, 0.25) is 0 Å². The van der Waals surface area contributed by atoms with Gasteiger partial charge in [-0.15, -0.1) is 0 Å². The van der Waals surface area contributed by atoms with Crippen molar-refractivity contribution < 1.29 is 12.8 Å². The van der Waals surface area contributed by atoms with E-state index >= 15 is 0 Å². The van der Waals surface area contributed by atoms with Gasteiger partial charge in [0.25, 0.3) is 0 Å². The molecule has 1 unspecified atom stereocenters. The van der Waals surface area contributed by atoms with E-state index in [-0.39, 0.29) is 5.75 Å². The second-order valence-corrected chi connectivity index (χ2v) is 5.78. The van der Waals surface area contributed by atoms with Crippen molar-refractivity contribution >= 4 is 9.84 Å². The van der Waals surface area contributed by atoms with Crippen LogP contribution in [0.5, 0.6) is 0 Å². The number of hydrogen-bond donors (Lipinski definition) is 1. The molecule has 1 atom stereocenters. The van der Waals surface area contributed by atoms with Gasteiger partial charge in [0.05, 0.1) is 11.9 Å². The van der Waals surface area contributed by atoms with Crippen molar-refractivity contribution in [2.24, 2.45) is 0 Å². The monoisotopic (exact) mass is 246 g/mol. The first-order valence-corrected chi connectivity index (χ1v) is 7.00. The lowest BCUT2D eigenvalue weighted by Gasteiger charge is -2.17. The van der Waals surface area contributed by atoms with Gasteiger partial charge in [-0.05, 0) is 12.6 Å². The van der Waals surface area contributed by atoms with Crippen molar-refractivity contribution in [3.63, 3.8) is 0 Å². The standard InChI is InChI=1S/C10H15FN2O2S/c1-3-13-10(7-16(2,14)15)8-4-5-12-6-9(8)11/h4-6,10,13H,3,7H2,1-2H3. The summed E-state index contributed by atoms with van der Waals surface area (Å²) in [5.74, 6) is -0.612. The smallest absolute Gasteiger partial charge is 0.149 e. The molecule has 0 aromatic carbocycles. The molecule has 0 fully saturated rings. The quantitative estimate of drug-likeness (QED) is 0.839. The molecule has 1 heterocycles. The van der Waals surface area contributed by atoms with Crippen molar-refractivity contribution in [1.29, 1.82) is 0 Å². The molecule has 0 aliphatic heterocycles. The first kappa shape index (κ1) is 13.1. The molecule has 0 saturated carbocycles. The fourth-order valence-corrected chi connectivity index (χ4v) is 2.38. The normalized spacial score (nSPS) is 13.7. The molecule has 1 rings (SSSR count). The summed E-state index contributed by atoms with van der Waals surface area (Å²) >= 11 is 0. The third-order valence-electron chi connectivity index (χ3n) is 2.10. The highest BCUT2D eigenvalue weighted by Crippen LogP contribution is 2.17. The van der Waals surface area contributed by atoms with Gasteiger partial charge in [-0.1, -0.05) is 6.92 Å². The number of aromatic nitrogens is 1. The summed E-state index contributed by atoms with van der Waals surface area (Å²) in [5.41, 5.74) is 0.335. The third kappa shape index (κ3) is 3.86. The Morgan fingerprint density at radius 2 is 2.25 bits per heavy atom. The van der Waals surface area contributed by atoms with Crippen molar-refractivity contribution in [2.75, 3.05) is 18.6 Å². The zero-order chi connectivity index (χ0) is 12.2. The van der Waals surface area contributed by atoms with Gasteiger partial charge in [0, 0.05) is 24.1 Å². The van der Waals surface area contributed by atoms with Crippen LogP contribution in [-0.4, -0.2) is 32.0 Å². The van der Waals surface area contributed by atoms with E-state index in [0.717, 1.165) is 12.5 Å². The molecule has 0 bridgehead atoms. The number of pyridine rings is 1. The Hall–Kier alpha value is -1.01. The highest BCUT2D eigenvalue weighted by atomic mass is 32.2. The van der Waals surface area contributed by atoms with Crippen LogP contribution in [0.1, 0.15) is 18.5 Å². The van der Waals surface area contributed by atoms with Gasteiger partial charge in [0.15, 0.2) is 0 Å². The maximum Gasteiger partial charge on any atom is 0.149 e. The molecule has 90 valence electrons. The summed E-state index contributed by atoms with van der Waals surface area (Å²) in [5, 5.41) is 2.95. The molecular weight excluding hydrogens is 231 g/mol. The Bertz CT molecular complexity index is 448. The summed E-state index contributed by atoms with van der Waals surface area (Å²) < 4.78 is 35.9. The molecule has 0 aliphatic rings. The minimum Gasteiger partial charge on any atom is -0.309 e. The Morgan fingerprint density at radius 3 is 2.75 bits per heavy atom. The molecule has 1 aromatic heterocycles. The van der Waals surface area contributed by atoms with Crippen LogP contribution in [0.25, 0.3) is 0 Å². The number of nitrogens with zero attached hydrogens (tertiary/aromatic N) is 1. The Balaban J connectivity index is 2.98. The Morgan fingerprint density at radius 1 is 1.56 bits per heavy atom. The van der Waals surface area contributed by atoms with Gasteiger partial charge in [-0.3, -0.25) is 4.98 Å². The molecule has 4 nitrogen and oxygen atoms in total. The van der Waals surface area contributed by atoms with Gasteiger partial charge in [0.1, 0.15) is 15.7 Å². The first-order chi connectivity index (χ1) is 7.44. The van der Waals surface area contributed by atoms with Gasteiger partial charge >= 0.3 is 0 Å². The molecule has 1 aromatic rings. The third-order valence-corrected chi connectivity index (χ3v) is 3.04. The minimum atomic E-state index is -3.16. The maximum atomic E-state index is 13.4. The van der Waals surface area contributed by atoms with E-state index in [0.29, 0.717) is 12.1 Å². The van der Waals surface area contributed by atoms with Crippen molar-refractivity contribution in [2.45, 2.75) is 13.0 Å². The van der Waals surface area contributed by atoms with E-state index in [4.69, 9.17) is 0 Å². The highest BCUT2D eigenvalue weighted by Gasteiger charge is 2.19. The second-order valence-electron chi connectivity index (χ2n) is 3.60. The summed E-state index contributed by atoms with van der Waals surface area (Å²) in [4.78, 5) is 3.63. The van der Waals surface area contributed by atoms with Gasteiger partial charge < -0.3 is 5.32 Å². The average molecular weight is 246 g/mol. The molecule has 0 saturated heterocycles. The van der Waals surface area contributed by atoms with E-state index in [9.17, 15) is 12.8 Å². The average Bonchev–Trinajstić information content (AvgIpc) is 2.16. The number of nitrogens with one attached hydrogen (secondary N) is 1. The number of sulfone groups is 1. The fraction of sp³-hybridized carbons (Fsp3) is 0.500. The first-order valence-electron chi connectivity index (χ1n) is 4.94. The summed E-state index contributed by atoms with van der Waals surface area (Å²) in [7, 11) is -3.16. The van der Waals surface area contributed by atoms with E-state index in [1.807, 2.05) is 6.92 Å². The Labute approximate surface area is 94.8 Å². The highest BCUT2D eigenvalue weighted by molar-refractivity contribution is 7.90. The summed E-state index contributed by atoms with van der Waals surface area (Å²) in [6.07, 6.45) is 3.67. The zero-order valence-corrected chi connectivity index (χ0v) is 10.1. The second kappa shape index (κ2) is 5.36. The zero-order valence-electron chi connectivity index (χ0n) is 9.27. The van der Waals surface area contributed by atoms with Gasteiger partial charge in [-0.2, -0.15) is 0 Å². The van der Waals surface area contributed by atoms with E-state index in [1.54, 1.807) is 0 Å². The van der Waals surface area contributed by atoms with Crippen LogP contribution in [0.2, 0.25) is 0 Å². The predicted octanol–water partition coefficient (Wildman–Crippen LogP) is 0.916. The molecule has 1 N–H and O–H groups in total. The van der Waals surface area contributed by atoms with E-state index < -0.39 is 21.7 Å². The topological polar surface area (TPSA) is 59.1 Å². The van der Waals surface area contributed by atoms with Gasteiger partial charge in [-0.25, -0.2) is 12.8 Å². The van der Waals surface area contributed by atoms with Crippen LogP contribution in [-0.2, 0) is 9.84 Å². The van der Waals surface area contributed by atoms with Crippen LogP contribution in [0.4, 0.5) is 4.39 Å². The Kier molecular flexibility index (Phi) is 4.37. The van der Waals surface area contributed by atoms with E-state index in [1.165, 1.54) is 12.3 Å². The van der Waals surface area contributed by atoms with Crippen LogP contribution >= 0.6 is 0 Å². The molecular formula is C10H15FN2O2S. The molecule has 0 aliphatic carbocycles. The predicted molar refractivity (Wildman–Crippen MR) is 60.3 cm³/mol. The number of rotatable bonds is 5. The number of halogens is 1. The SMILES string of the molecule is CCNC(CS(C)(=O)=O)c1ccncc1F. The minimum absolute atomic E-state index is 0.123. The van der Waals surface area contributed by atoms with Crippen LogP contribution in [0, 0.1) is 5.82 Å². The van der Waals surface area contributed by atoms with Crippen LogP contribution in [0.15, 0.2) is 18.5 Å². The molecule has 0 radical (unpaired) electrons. The van der Waals surface area contributed by atoms with Crippen molar-refractivity contribution in [3.8, 4) is 0 Å². The molecule has 0 spiro atoms. The fourth-order valence-electron chi connectivity index (χ4n) is 1.48. The van der Waals surface area contributed by atoms with Crippen molar-refractivity contribution in [3.05, 3.63) is 29.8 Å².